The van der Waals surface area contributed by atoms with E-state index in [2.05, 4.69) is 12.7 Å². The predicted molar refractivity (Wildman–Crippen MR) is 102 cm³/mol. The molecule has 0 N–H and O–H groups in total. The van der Waals surface area contributed by atoms with Gasteiger partial charge in [0.05, 0.1) is 0 Å². The van der Waals surface area contributed by atoms with Crippen molar-refractivity contribution in [2.75, 3.05) is 0 Å². The Labute approximate surface area is 153 Å². The molecule has 2 aromatic rings. The Balaban J connectivity index is 2.35. The molecule has 0 radical (unpaired) electrons. The highest BCUT2D eigenvalue weighted by molar-refractivity contribution is 6.00. The molecule has 1 aliphatic rings. The van der Waals surface area contributed by atoms with Crippen LogP contribution in [-0.4, -0.2) is 11.9 Å². The Hall–Kier alpha value is -2.88. The van der Waals surface area contributed by atoms with E-state index in [-0.39, 0.29) is 5.97 Å². The summed E-state index contributed by atoms with van der Waals surface area (Å²) >= 11 is 0. The highest BCUT2D eigenvalue weighted by atomic mass is 16.5. The monoisotopic (exact) mass is 350 g/mol. The van der Waals surface area contributed by atoms with Gasteiger partial charge in [0.15, 0.2) is 0 Å². The number of carbonyl (C=O) groups excluding carboxylic acids is 2. The molecular formula is C22H22O4. The number of esters is 2. The number of allylic oxidation sites excluding steroid dienone is 2. The fraction of sp³-hybridized carbons (Fsp3) is 0.273. The topological polar surface area (TPSA) is 52.6 Å². The van der Waals surface area contributed by atoms with E-state index in [1.54, 1.807) is 6.92 Å². The SMILES string of the molecule is C=C(C)C(=O)Oc1c2c(c(OC(C)=O)c3cc(C)ccc13)CC=C(C)C2. The molecule has 4 nitrogen and oxygen atoms in total. The highest BCUT2D eigenvalue weighted by Crippen LogP contribution is 2.44. The maximum Gasteiger partial charge on any atom is 0.338 e. The normalized spacial score (nSPS) is 13.0. The van der Waals surface area contributed by atoms with Crippen molar-refractivity contribution in [3.8, 4) is 11.5 Å². The van der Waals surface area contributed by atoms with Gasteiger partial charge in [-0.15, -0.1) is 0 Å². The molecule has 26 heavy (non-hydrogen) atoms. The second kappa shape index (κ2) is 6.79. The van der Waals surface area contributed by atoms with Gasteiger partial charge in [-0.05, 0) is 39.7 Å². The first-order valence-electron chi connectivity index (χ1n) is 8.57. The van der Waals surface area contributed by atoms with Crippen LogP contribution in [0.3, 0.4) is 0 Å². The van der Waals surface area contributed by atoms with E-state index in [4.69, 9.17) is 9.47 Å². The lowest BCUT2D eigenvalue weighted by Crippen LogP contribution is -2.15. The Morgan fingerprint density at radius 3 is 2.35 bits per heavy atom. The maximum atomic E-state index is 12.2. The molecule has 1 aliphatic carbocycles. The molecule has 0 bridgehead atoms. The molecule has 4 heteroatoms. The van der Waals surface area contributed by atoms with E-state index in [1.807, 2.05) is 32.0 Å². The van der Waals surface area contributed by atoms with Crippen LogP contribution in [0.1, 0.15) is 37.5 Å². The van der Waals surface area contributed by atoms with E-state index in [0.717, 1.165) is 27.5 Å². The fourth-order valence-corrected chi connectivity index (χ4v) is 3.23. The minimum atomic E-state index is -0.457. The summed E-state index contributed by atoms with van der Waals surface area (Å²) in [5.74, 6) is 0.269. The second-order valence-corrected chi connectivity index (χ2v) is 6.86. The number of fused-ring (bicyclic) bond motifs is 2. The smallest absolute Gasteiger partial charge is 0.338 e. The molecule has 0 saturated heterocycles. The van der Waals surface area contributed by atoms with Gasteiger partial charge in [0.2, 0.25) is 0 Å². The standard InChI is InChI=1S/C22H22O4/c1-12(2)22(24)26-21-17-9-7-13(3)10-18(17)20(25-15(5)23)16-8-6-14(4)11-19(16)21/h6-7,9-10H,1,8,11H2,2-5H3. The molecule has 0 atom stereocenters. The lowest BCUT2D eigenvalue weighted by Gasteiger charge is -2.24. The lowest BCUT2D eigenvalue weighted by molar-refractivity contribution is -0.132. The van der Waals surface area contributed by atoms with Crippen molar-refractivity contribution in [1.29, 1.82) is 0 Å². The number of ether oxygens (including phenoxy) is 2. The highest BCUT2D eigenvalue weighted by Gasteiger charge is 2.26. The molecule has 0 aromatic heterocycles. The average molecular weight is 350 g/mol. The lowest BCUT2D eigenvalue weighted by atomic mass is 9.87. The summed E-state index contributed by atoms with van der Waals surface area (Å²) in [6.45, 7) is 10.7. The molecule has 0 unspecified atom stereocenters. The van der Waals surface area contributed by atoms with Crippen LogP contribution < -0.4 is 9.47 Å². The second-order valence-electron chi connectivity index (χ2n) is 6.86. The first-order valence-corrected chi connectivity index (χ1v) is 8.57. The predicted octanol–water partition coefficient (Wildman–Crippen LogP) is 4.60. The molecule has 0 saturated carbocycles. The third-order valence-electron chi connectivity index (χ3n) is 4.48. The third-order valence-corrected chi connectivity index (χ3v) is 4.48. The summed E-state index contributed by atoms with van der Waals surface area (Å²) in [4.78, 5) is 23.9. The minimum absolute atomic E-state index is 0.339. The van der Waals surface area contributed by atoms with Gasteiger partial charge in [0, 0.05) is 34.4 Å². The summed E-state index contributed by atoms with van der Waals surface area (Å²) < 4.78 is 11.3. The largest absolute Gasteiger partial charge is 0.426 e. The van der Waals surface area contributed by atoms with Gasteiger partial charge < -0.3 is 9.47 Å². The van der Waals surface area contributed by atoms with Gasteiger partial charge in [0.1, 0.15) is 11.5 Å². The quantitative estimate of drug-likeness (QED) is 0.351. The van der Waals surface area contributed by atoms with E-state index in [9.17, 15) is 9.59 Å². The summed E-state index contributed by atoms with van der Waals surface area (Å²) in [6.07, 6.45) is 3.39. The van der Waals surface area contributed by atoms with Crippen molar-refractivity contribution in [2.24, 2.45) is 0 Å². The molecule has 0 fully saturated rings. The number of aryl methyl sites for hydroxylation is 1. The first kappa shape index (κ1) is 17.9. The van der Waals surface area contributed by atoms with Crippen molar-refractivity contribution in [2.45, 2.75) is 40.5 Å². The molecule has 3 rings (SSSR count). The molecule has 0 spiro atoms. The summed E-state index contributed by atoms with van der Waals surface area (Å²) in [5, 5.41) is 1.53. The van der Waals surface area contributed by atoms with Gasteiger partial charge in [-0.2, -0.15) is 0 Å². The van der Waals surface area contributed by atoms with Crippen LogP contribution in [0.5, 0.6) is 11.5 Å². The van der Waals surface area contributed by atoms with Crippen molar-refractivity contribution in [3.05, 3.63) is 58.7 Å². The Morgan fingerprint density at radius 1 is 1.00 bits per heavy atom. The van der Waals surface area contributed by atoms with Crippen molar-refractivity contribution >= 4 is 22.7 Å². The average Bonchev–Trinajstić information content (AvgIpc) is 2.57. The number of carbonyl (C=O) groups is 2. The van der Waals surface area contributed by atoms with Crippen molar-refractivity contribution in [3.63, 3.8) is 0 Å². The van der Waals surface area contributed by atoms with Crippen LogP contribution in [0.15, 0.2) is 42.0 Å². The first-order chi connectivity index (χ1) is 12.3. The van der Waals surface area contributed by atoms with Crippen LogP contribution in [0.25, 0.3) is 10.8 Å². The van der Waals surface area contributed by atoms with E-state index >= 15 is 0 Å². The summed E-state index contributed by atoms with van der Waals surface area (Å²) in [7, 11) is 0. The number of hydrogen-bond donors (Lipinski definition) is 0. The number of rotatable bonds is 3. The van der Waals surface area contributed by atoms with Crippen LogP contribution in [0, 0.1) is 6.92 Å². The Morgan fingerprint density at radius 2 is 1.69 bits per heavy atom. The Bertz CT molecular complexity index is 980. The zero-order valence-electron chi connectivity index (χ0n) is 15.6. The number of hydrogen-bond acceptors (Lipinski definition) is 4. The van der Waals surface area contributed by atoms with Crippen molar-refractivity contribution < 1.29 is 19.1 Å². The van der Waals surface area contributed by atoms with E-state index in [1.165, 1.54) is 12.5 Å². The van der Waals surface area contributed by atoms with Gasteiger partial charge in [0.25, 0.3) is 0 Å². The molecule has 0 aliphatic heterocycles. The maximum absolute atomic E-state index is 12.2. The van der Waals surface area contributed by atoms with Crippen molar-refractivity contribution in [1.82, 2.24) is 0 Å². The summed E-state index contributed by atoms with van der Waals surface area (Å²) in [6, 6.07) is 5.82. The zero-order valence-corrected chi connectivity index (χ0v) is 15.6. The third kappa shape index (κ3) is 3.27. The summed E-state index contributed by atoms with van der Waals surface area (Å²) in [5.41, 5.74) is 4.35. The van der Waals surface area contributed by atoms with Gasteiger partial charge in [-0.1, -0.05) is 35.9 Å². The van der Waals surface area contributed by atoms with E-state index in [0.29, 0.717) is 29.9 Å². The fourth-order valence-electron chi connectivity index (χ4n) is 3.23. The zero-order chi connectivity index (χ0) is 19.0. The Kier molecular flexibility index (Phi) is 4.68. The molecular weight excluding hydrogens is 328 g/mol. The molecule has 2 aromatic carbocycles. The van der Waals surface area contributed by atoms with Gasteiger partial charge >= 0.3 is 11.9 Å². The van der Waals surface area contributed by atoms with Gasteiger partial charge in [-0.3, -0.25) is 4.79 Å². The van der Waals surface area contributed by atoms with Crippen LogP contribution in [0.4, 0.5) is 0 Å². The molecule has 0 heterocycles. The van der Waals surface area contributed by atoms with Crippen LogP contribution in [-0.2, 0) is 22.4 Å². The minimum Gasteiger partial charge on any atom is -0.426 e. The number of benzene rings is 2. The van der Waals surface area contributed by atoms with E-state index < -0.39 is 5.97 Å². The molecule has 134 valence electrons. The van der Waals surface area contributed by atoms with Crippen LogP contribution in [0.2, 0.25) is 0 Å². The van der Waals surface area contributed by atoms with Crippen LogP contribution >= 0.6 is 0 Å². The van der Waals surface area contributed by atoms with Gasteiger partial charge in [-0.25, -0.2) is 4.79 Å². The molecule has 0 amide bonds.